The lowest BCUT2D eigenvalue weighted by Crippen LogP contribution is -2.39. The number of carbonyl (C=O) groups excluding carboxylic acids is 1. The molecule has 13 nitrogen and oxygen atoms in total. The van der Waals surface area contributed by atoms with Crippen LogP contribution >= 0.6 is 0 Å². The summed E-state index contributed by atoms with van der Waals surface area (Å²) in [7, 11) is 3.25. The summed E-state index contributed by atoms with van der Waals surface area (Å²) < 4.78 is 39.9. The number of rotatable bonds is 14. The van der Waals surface area contributed by atoms with Crippen molar-refractivity contribution >= 4 is 23.1 Å². The first-order valence-corrected chi connectivity index (χ1v) is 18.8. The van der Waals surface area contributed by atoms with Crippen LogP contribution in [0.1, 0.15) is 88.1 Å². The minimum Gasteiger partial charge on any atom is -0.497 e. The summed E-state index contributed by atoms with van der Waals surface area (Å²) >= 11 is 0. The Morgan fingerprint density at radius 1 is 0.964 bits per heavy atom. The molecule has 2 atom stereocenters. The number of methoxy groups -OCH3 is 2. The number of anilines is 1. The maximum atomic E-state index is 15.9. The summed E-state index contributed by atoms with van der Waals surface area (Å²) in [4.78, 5) is 30.0. The van der Waals surface area contributed by atoms with Crippen molar-refractivity contribution in [3.05, 3.63) is 107 Å². The van der Waals surface area contributed by atoms with Crippen molar-refractivity contribution in [1.82, 2.24) is 29.5 Å². The molecule has 1 aliphatic rings. The van der Waals surface area contributed by atoms with E-state index in [1.807, 2.05) is 82.3 Å². The zero-order valence-electron chi connectivity index (χ0n) is 33.0. The topological polar surface area (TPSA) is 137 Å². The SMILES string of the molecule is CCCC(C)Oc1nc(N(Cc2ccc(OC)cc2)Cc2ccc(OC)cc2)c2ncc(C(O)c3ccc(C4=CCN(C(=O)OC(C)(C)C)CC4)nc3F)n2n1. The van der Waals surface area contributed by atoms with Crippen molar-refractivity contribution in [2.45, 2.75) is 84.8 Å². The number of imidazole rings is 1. The summed E-state index contributed by atoms with van der Waals surface area (Å²) in [5.74, 6) is 1.11. The predicted molar refractivity (Wildman–Crippen MR) is 210 cm³/mol. The summed E-state index contributed by atoms with van der Waals surface area (Å²) in [6, 6.07) is 18.8. The van der Waals surface area contributed by atoms with Crippen molar-refractivity contribution in [1.29, 1.82) is 0 Å². The Balaban J connectivity index is 1.35. The Morgan fingerprint density at radius 3 is 2.14 bits per heavy atom. The number of halogens is 1. The van der Waals surface area contributed by atoms with E-state index in [0.29, 0.717) is 49.8 Å². The van der Waals surface area contributed by atoms with E-state index >= 15 is 4.39 Å². The third kappa shape index (κ3) is 9.54. The smallest absolute Gasteiger partial charge is 0.410 e. The molecule has 14 heteroatoms. The summed E-state index contributed by atoms with van der Waals surface area (Å²) in [5.41, 5.74) is 3.12. The largest absolute Gasteiger partial charge is 0.497 e. The molecule has 0 radical (unpaired) electrons. The third-order valence-corrected chi connectivity index (χ3v) is 9.36. The summed E-state index contributed by atoms with van der Waals surface area (Å²) in [6.45, 7) is 11.1. The van der Waals surface area contributed by atoms with Crippen LogP contribution in [0.25, 0.3) is 11.2 Å². The number of aromatic nitrogens is 5. The van der Waals surface area contributed by atoms with E-state index in [4.69, 9.17) is 28.9 Å². The number of hydrogen-bond acceptors (Lipinski definition) is 11. The Kier molecular flexibility index (Phi) is 12.4. The quantitative estimate of drug-likeness (QED) is 0.112. The highest BCUT2D eigenvalue weighted by atomic mass is 19.1. The molecule has 5 aromatic rings. The number of carbonyl (C=O) groups is 1. The van der Waals surface area contributed by atoms with E-state index in [9.17, 15) is 9.90 Å². The van der Waals surface area contributed by atoms with Gasteiger partial charge in [0, 0.05) is 31.7 Å². The monoisotopic (exact) mass is 767 g/mol. The highest BCUT2D eigenvalue weighted by molar-refractivity contribution is 5.72. The first-order chi connectivity index (χ1) is 26.8. The Morgan fingerprint density at radius 2 is 1.61 bits per heavy atom. The first kappa shape index (κ1) is 39.9. The fourth-order valence-electron chi connectivity index (χ4n) is 6.45. The van der Waals surface area contributed by atoms with Gasteiger partial charge in [-0.05, 0) is 93.6 Å². The number of benzene rings is 2. The summed E-state index contributed by atoms with van der Waals surface area (Å²) in [5, 5.41) is 16.4. The fourth-order valence-corrected chi connectivity index (χ4v) is 6.45. The predicted octanol–water partition coefficient (Wildman–Crippen LogP) is 7.56. The molecular formula is C42H50FN7O6. The molecule has 1 N–H and O–H groups in total. The lowest BCUT2D eigenvalue weighted by atomic mass is 10.0. The van der Waals surface area contributed by atoms with Crippen molar-refractivity contribution < 1.29 is 33.2 Å². The van der Waals surface area contributed by atoms with Crippen LogP contribution in [0.15, 0.2) is 72.9 Å². The average molecular weight is 768 g/mol. The van der Waals surface area contributed by atoms with Crippen LogP contribution in [0, 0.1) is 5.95 Å². The van der Waals surface area contributed by atoms with E-state index in [2.05, 4.69) is 21.9 Å². The van der Waals surface area contributed by atoms with E-state index < -0.39 is 23.7 Å². The number of aliphatic hydroxyl groups is 1. The standard InChI is InChI=1S/C42H50FN7O6/c1-8-9-27(2)55-40-46-39(49(25-28-10-14-31(53-6)15-11-28)26-29-12-16-32(54-7)17-13-29)38-44-24-35(50(38)47-40)36(51)33-18-19-34(45-37(33)43)30-20-22-48(23-21-30)41(52)56-42(3,4)5/h10-20,24,27,36,51H,8-9,21-23,25-26H2,1-7H3. The average Bonchev–Trinajstić information content (AvgIpc) is 3.61. The fraction of sp³-hybridized carbons (Fsp3) is 0.405. The molecule has 0 saturated carbocycles. The van der Waals surface area contributed by atoms with Gasteiger partial charge in [0.1, 0.15) is 23.2 Å². The molecule has 2 aromatic carbocycles. The van der Waals surface area contributed by atoms with Crippen molar-refractivity contribution in [3.63, 3.8) is 0 Å². The van der Waals surface area contributed by atoms with Gasteiger partial charge in [0.2, 0.25) is 5.95 Å². The normalized spacial score (nSPS) is 14.2. The van der Waals surface area contributed by atoms with Gasteiger partial charge in [0.05, 0.1) is 37.9 Å². The molecule has 2 unspecified atom stereocenters. The van der Waals surface area contributed by atoms with Crippen molar-refractivity contribution in [2.24, 2.45) is 0 Å². The van der Waals surface area contributed by atoms with Gasteiger partial charge in [0.15, 0.2) is 11.5 Å². The van der Waals surface area contributed by atoms with Gasteiger partial charge in [-0.25, -0.2) is 19.3 Å². The number of ether oxygens (including phenoxy) is 4. The van der Waals surface area contributed by atoms with Gasteiger partial charge in [-0.15, -0.1) is 5.10 Å². The lowest BCUT2D eigenvalue weighted by molar-refractivity contribution is 0.0270. The van der Waals surface area contributed by atoms with Crippen LogP contribution < -0.4 is 19.1 Å². The van der Waals surface area contributed by atoms with E-state index in [0.717, 1.165) is 41.0 Å². The number of pyridine rings is 1. The molecule has 0 aliphatic carbocycles. The maximum Gasteiger partial charge on any atom is 0.410 e. The molecular weight excluding hydrogens is 718 g/mol. The zero-order valence-corrected chi connectivity index (χ0v) is 33.0. The van der Waals surface area contributed by atoms with Crippen LogP contribution in [-0.4, -0.2) is 79.7 Å². The first-order valence-electron chi connectivity index (χ1n) is 18.8. The molecule has 1 amide bonds. The van der Waals surface area contributed by atoms with E-state index in [-0.39, 0.29) is 23.4 Å². The highest BCUT2D eigenvalue weighted by Crippen LogP contribution is 2.32. The number of amides is 1. The third-order valence-electron chi connectivity index (χ3n) is 9.36. The van der Waals surface area contributed by atoms with Crippen molar-refractivity contribution in [2.75, 3.05) is 32.2 Å². The summed E-state index contributed by atoms with van der Waals surface area (Å²) in [6.07, 6.45) is 3.39. The lowest BCUT2D eigenvalue weighted by Gasteiger charge is -2.29. The second-order valence-electron chi connectivity index (χ2n) is 14.8. The van der Waals surface area contributed by atoms with E-state index in [1.165, 1.54) is 16.8 Å². The van der Waals surface area contributed by atoms with Crippen LogP contribution in [0.4, 0.5) is 15.0 Å². The van der Waals surface area contributed by atoms with E-state index in [1.54, 1.807) is 25.2 Å². The second-order valence-corrected chi connectivity index (χ2v) is 14.8. The van der Waals surface area contributed by atoms with Gasteiger partial charge < -0.3 is 33.9 Å². The van der Waals surface area contributed by atoms with Crippen LogP contribution in [-0.2, 0) is 17.8 Å². The minimum atomic E-state index is -1.48. The number of hydrogen-bond donors (Lipinski definition) is 1. The highest BCUT2D eigenvalue weighted by Gasteiger charge is 2.28. The molecule has 296 valence electrons. The Hall–Kier alpha value is -5.76. The number of fused-ring (bicyclic) bond motifs is 1. The van der Waals surface area contributed by atoms with Crippen LogP contribution in [0.5, 0.6) is 17.5 Å². The maximum absolute atomic E-state index is 15.9. The molecule has 0 bridgehead atoms. The molecule has 0 saturated heterocycles. The molecule has 56 heavy (non-hydrogen) atoms. The molecule has 1 aliphatic heterocycles. The molecule has 0 fully saturated rings. The number of aliphatic hydroxyl groups excluding tert-OH is 1. The minimum absolute atomic E-state index is 0.0438. The molecule has 6 rings (SSSR count). The van der Waals surface area contributed by atoms with Crippen LogP contribution in [0.2, 0.25) is 0 Å². The van der Waals surface area contributed by atoms with Gasteiger partial charge in [0.25, 0.3) is 0 Å². The van der Waals surface area contributed by atoms with Crippen molar-refractivity contribution in [3.8, 4) is 17.5 Å². The van der Waals surface area contributed by atoms with Crippen LogP contribution in [0.3, 0.4) is 0 Å². The zero-order chi connectivity index (χ0) is 40.0. The Labute approximate surface area is 326 Å². The Bertz CT molecular complexity index is 2100. The second kappa shape index (κ2) is 17.4. The van der Waals surface area contributed by atoms with Gasteiger partial charge in [-0.2, -0.15) is 9.37 Å². The van der Waals surface area contributed by atoms with Gasteiger partial charge >= 0.3 is 12.1 Å². The molecule has 4 heterocycles. The van der Waals surface area contributed by atoms with Gasteiger partial charge in [-0.1, -0.05) is 43.7 Å². The molecule has 3 aromatic heterocycles. The molecule has 0 spiro atoms. The number of nitrogens with zero attached hydrogens (tertiary/aromatic N) is 7. The van der Waals surface area contributed by atoms with Gasteiger partial charge in [-0.3, -0.25) is 0 Å².